The van der Waals surface area contributed by atoms with Crippen molar-refractivity contribution >= 4 is 38.2 Å². The van der Waals surface area contributed by atoms with Gasteiger partial charge in [0.2, 0.25) is 0 Å². The fourth-order valence-electron chi connectivity index (χ4n) is 3.65. The molecule has 0 atom stereocenters. The van der Waals surface area contributed by atoms with Crippen LogP contribution in [0.2, 0.25) is 0 Å². The van der Waals surface area contributed by atoms with Crippen molar-refractivity contribution < 1.29 is 4.39 Å². The molecule has 0 spiro atoms. The van der Waals surface area contributed by atoms with Gasteiger partial charge in [0.05, 0.1) is 28.8 Å². The van der Waals surface area contributed by atoms with Crippen molar-refractivity contribution in [1.29, 1.82) is 0 Å². The van der Waals surface area contributed by atoms with Crippen molar-refractivity contribution in [2.75, 3.05) is 28.8 Å². The van der Waals surface area contributed by atoms with E-state index in [-0.39, 0.29) is 5.82 Å². The third kappa shape index (κ3) is 2.50. The number of nitrogens with zero attached hydrogens (tertiary/aromatic N) is 4. The zero-order chi connectivity index (χ0) is 17.0. The number of rotatable bonds is 3. The van der Waals surface area contributed by atoms with E-state index >= 15 is 0 Å². The Morgan fingerprint density at radius 2 is 2.12 bits per heavy atom. The lowest BCUT2D eigenvalue weighted by Crippen LogP contribution is -2.51. The lowest BCUT2D eigenvalue weighted by atomic mass is 9.86. The molecule has 25 heavy (non-hydrogen) atoms. The van der Waals surface area contributed by atoms with Crippen LogP contribution in [-0.4, -0.2) is 35.8 Å². The van der Waals surface area contributed by atoms with Crippen LogP contribution in [0.4, 0.5) is 21.0 Å². The van der Waals surface area contributed by atoms with E-state index < -0.39 is 0 Å². The highest BCUT2D eigenvalue weighted by atomic mass is 32.1. The number of hydrogen-bond acceptors (Lipinski definition) is 6. The first-order valence-corrected chi connectivity index (χ1v) is 9.24. The zero-order valence-electron chi connectivity index (χ0n) is 13.8. The Morgan fingerprint density at radius 1 is 1.28 bits per heavy atom. The molecular formula is C18H18FN5S. The van der Waals surface area contributed by atoms with Gasteiger partial charge in [-0.1, -0.05) is 23.5 Å². The van der Waals surface area contributed by atoms with Crippen LogP contribution in [0.3, 0.4) is 0 Å². The summed E-state index contributed by atoms with van der Waals surface area (Å²) in [5.41, 5.74) is 1.93. The standard InChI is InChI=1S/C18H18FN5S/c1-23-10-24(17-15(23)6-11(19)9-20-17)13-7-12(8-13)21-18-22-14-4-2-3-5-16(14)25-18/h2-6,9,12-13H,7-8,10H2,1H3,(H,21,22). The lowest BCUT2D eigenvalue weighted by molar-refractivity contribution is 0.352. The second-order valence-corrected chi connectivity index (χ2v) is 7.79. The molecule has 1 aromatic carbocycles. The molecule has 2 aliphatic rings. The molecule has 0 saturated heterocycles. The zero-order valence-corrected chi connectivity index (χ0v) is 14.6. The van der Waals surface area contributed by atoms with Gasteiger partial charge in [-0.15, -0.1) is 0 Å². The molecule has 0 unspecified atom stereocenters. The summed E-state index contributed by atoms with van der Waals surface area (Å²) >= 11 is 1.70. The molecule has 1 aliphatic carbocycles. The Hall–Kier alpha value is -2.41. The Kier molecular flexibility index (Phi) is 3.31. The summed E-state index contributed by atoms with van der Waals surface area (Å²) in [6, 6.07) is 10.6. The van der Waals surface area contributed by atoms with E-state index in [4.69, 9.17) is 0 Å². The molecule has 1 N–H and O–H groups in total. The van der Waals surface area contributed by atoms with Crippen LogP contribution >= 0.6 is 11.3 Å². The van der Waals surface area contributed by atoms with Gasteiger partial charge >= 0.3 is 0 Å². The summed E-state index contributed by atoms with van der Waals surface area (Å²) in [6.45, 7) is 0.768. The molecule has 3 heterocycles. The van der Waals surface area contributed by atoms with Crippen molar-refractivity contribution in [2.45, 2.75) is 24.9 Å². The molecule has 0 radical (unpaired) electrons. The van der Waals surface area contributed by atoms with E-state index in [1.54, 1.807) is 17.4 Å². The Balaban J connectivity index is 1.27. The maximum atomic E-state index is 13.4. The predicted molar refractivity (Wildman–Crippen MR) is 100.0 cm³/mol. The number of aromatic nitrogens is 2. The monoisotopic (exact) mass is 355 g/mol. The molecule has 1 fully saturated rings. The first-order valence-electron chi connectivity index (χ1n) is 8.43. The lowest BCUT2D eigenvalue weighted by Gasteiger charge is -2.42. The Morgan fingerprint density at radius 3 is 2.96 bits per heavy atom. The van der Waals surface area contributed by atoms with Gasteiger partial charge in [-0.3, -0.25) is 0 Å². The molecule has 128 valence electrons. The molecule has 5 nitrogen and oxygen atoms in total. The number of para-hydroxylation sites is 1. The quantitative estimate of drug-likeness (QED) is 0.776. The molecule has 2 aromatic heterocycles. The van der Waals surface area contributed by atoms with Crippen LogP contribution < -0.4 is 15.1 Å². The smallest absolute Gasteiger partial charge is 0.184 e. The summed E-state index contributed by atoms with van der Waals surface area (Å²) in [5, 5.41) is 4.54. The highest BCUT2D eigenvalue weighted by molar-refractivity contribution is 7.22. The number of hydrogen-bond donors (Lipinski definition) is 1. The van der Waals surface area contributed by atoms with E-state index in [9.17, 15) is 4.39 Å². The summed E-state index contributed by atoms with van der Waals surface area (Å²) < 4.78 is 14.6. The third-order valence-corrected chi connectivity index (χ3v) is 6.00. The van der Waals surface area contributed by atoms with E-state index in [1.807, 2.05) is 25.2 Å². The number of nitrogens with one attached hydrogen (secondary N) is 1. The van der Waals surface area contributed by atoms with Crippen molar-refractivity contribution in [2.24, 2.45) is 0 Å². The number of halogens is 1. The minimum Gasteiger partial charge on any atom is -0.359 e. The minimum atomic E-state index is -0.281. The molecule has 0 amide bonds. The van der Waals surface area contributed by atoms with Gasteiger partial charge < -0.3 is 15.1 Å². The largest absolute Gasteiger partial charge is 0.359 e. The first-order chi connectivity index (χ1) is 12.2. The molecular weight excluding hydrogens is 337 g/mol. The molecule has 5 rings (SSSR count). The highest BCUT2D eigenvalue weighted by Crippen LogP contribution is 2.40. The van der Waals surface area contributed by atoms with Gasteiger partial charge in [0.25, 0.3) is 0 Å². The van der Waals surface area contributed by atoms with E-state index in [0.717, 1.165) is 41.7 Å². The van der Waals surface area contributed by atoms with Gasteiger partial charge in [0.15, 0.2) is 10.9 Å². The molecule has 7 heteroatoms. The van der Waals surface area contributed by atoms with Crippen molar-refractivity contribution in [3.05, 3.63) is 42.3 Å². The molecule has 3 aromatic rings. The second kappa shape index (κ2) is 5.56. The van der Waals surface area contributed by atoms with Gasteiger partial charge in [-0.2, -0.15) is 0 Å². The van der Waals surface area contributed by atoms with Crippen LogP contribution in [0, 0.1) is 5.82 Å². The van der Waals surface area contributed by atoms with Crippen LogP contribution in [0.25, 0.3) is 10.2 Å². The summed E-state index contributed by atoms with van der Waals surface area (Å²) in [4.78, 5) is 13.3. The van der Waals surface area contributed by atoms with Gasteiger partial charge in [-0.05, 0) is 25.0 Å². The average Bonchev–Trinajstić information content (AvgIpc) is 3.11. The van der Waals surface area contributed by atoms with Gasteiger partial charge in [0.1, 0.15) is 5.82 Å². The van der Waals surface area contributed by atoms with Crippen LogP contribution in [0.5, 0.6) is 0 Å². The number of benzene rings is 1. The van der Waals surface area contributed by atoms with E-state index in [1.165, 1.54) is 10.9 Å². The number of thiazole rings is 1. The van der Waals surface area contributed by atoms with E-state index in [2.05, 4.69) is 31.2 Å². The minimum absolute atomic E-state index is 0.281. The third-order valence-electron chi connectivity index (χ3n) is 5.04. The van der Waals surface area contributed by atoms with Crippen LogP contribution in [0.15, 0.2) is 36.5 Å². The first kappa shape index (κ1) is 14.9. The molecule has 1 saturated carbocycles. The van der Waals surface area contributed by atoms with Crippen LogP contribution in [0.1, 0.15) is 12.8 Å². The molecule has 0 bridgehead atoms. The predicted octanol–water partition coefficient (Wildman–Crippen LogP) is 3.69. The van der Waals surface area contributed by atoms with Crippen molar-refractivity contribution in [3.8, 4) is 0 Å². The fourth-order valence-corrected chi connectivity index (χ4v) is 4.60. The maximum absolute atomic E-state index is 13.4. The average molecular weight is 355 g/mol. The second-order valence-electron chi connectivity index (χ2n) is 6.76. The highest BCUT2D eigenvalue weighted by Gasteiger charge is 2.39. The summed E-state index contributed by atoms with van der Waals surface area (Å²) in [5.74, 6) is 0.615. The van der Waals surface area contributed by atoms with Crippen LogP contribution in [-0.2, 0) is 0 Å². The Labute approximate surface area is 149 Å². The van der Waals surface area contributed by atoms with Gasteiger partial charge in [-0.25, -0.2) is 14.4 Å². The summed E-state index contributed by atoms with van der Waals surface area (Å²) in [6.07, 6.45) is 3.39. The fraction of sp³-hybridized carbons (Fsp3) is 0.333. The van der Waals surface area contributed by atoms with Crippen molar-refractivity contribution in [1.82, 2.24) is 9.97 Å². The number of pyridine rings is 1. The van der Waals surface area contributed by atoms with Crippen molar-refractivity contribution in [3.63, 3.8) is 0 Å². The SMILES string of the molecule is CN1CN(C2CC(Nc3nc4ccccc4s3)C2)c2ncc(F)cc21. The Bertz CT molecular complexity index is 903. The molecule has 1 aliphatic heterocycles. The normalized spacial score (nSPS) is 22.2. The number of anilines is 3. The van der Waals surface area contributed by atoms with Gasteiger partial charge in [0, 0.05) is 25.2 Å². The maximum Gasteiger partial charge on any atom is 0.184 e. The summed E-state index contributed by atoms with van der Waals surface area (Å²) in [7, 11) is 1.98. The topological polar surface area (TPSA) is 44.3 Å². The number of fused-ring (bicyclic) bond motifs is 2. The van der Waals surface area contributed by atoms with E-state index in [0.29, 0.717) is 12.1 Å².